The quantitative estimate of drug-likeness (QED) is 0.772. The molecular weight excluding hydrogens is 250 g/mol. The molecule has 1 heterocycles. The van der Waals surface area contributed by atoms with Crippen LogP contribution in [0.4, 0.5) is 0 Å². The SMILES string of the molecule is O=S(=O)(NCCCc1ncc[nH]1)C1CCCCC1. The van der Waals surface area contributed by atoms with Gasteiger partial charge in [-0.2, -0.15) is 0 Å². The molecule has 1 aromatic heterocycles. The van der Waals surface area contributed by atoms with Gasteiger partial charge in [0.15, 0.2) is 0 Å². The Kier molecular flexibility index (Phi) is 4.77. The molecule has 0 bridgehead atoms. The molecule has 2 rings (SSSR count). The molecule has 0 aromatic carbocycles. The molecule has 0 spiro atoms. The number of sulfonamides is 1. The number of imidazole rings is 1. The van der Waals surface area contributed by atoms with Crippen LogP contribution in [-0.4, -0.2) is 30.2 Å². The Morgan fingerprint density at radius 2 is 2.11 bits per heavy atom. The number of hydrogen-bond donors (Lipinski definition) is 2. The topological polar surface area (TPSA) is 74.8 Å². The molecule has 1 aromatic rings. The predicted octanol–water partition coefficient (Wildman–Crippen LogP) is 1.59. The van der Waals surface area contributed by atoms with Crippen LogP contribution in [0.5, 0.6) is 0 Å². The zero-order valence-corrected chi connectivity index (χ0v) is 11.4. The molecule has 102 valence electrons. The van der Waals surface area contributed by atoms with Gasteiger partial charge >= 0.3 is 0 Å². The Morgan fingerprint density at radius 3 is 2.78 bits per heavy atom. The van der Waals surface area contributed by atoms with Crippen LogP contribution in [-0.2, 0) is 16.4 Å². The van der Waals surface area contributed by atoms with Crippen LogP contribution in [0.3, 0.4) is 0 Å². The summed E-state index contributed by atoms with van der Waals surface area (Å²) in [5.41, 5.74) is 0. The van der Waals surface area contributed by atoms with Crippen molar-refractivity contribution in [1.29, 1.82) is 0 Å². The van der Waals surface area contributed by atoms with Crippen molar-refractivity contribution in [3.63, 3.8) is 0 Å². The van der Waals surface area contributed by atoms with Crippen LogP contribution in [0.15, 0.2) is 12.4 Å². The van der Waals surface area contributed by atoms with E-state index in [2.05, 4.69) is 14.7 Å². The van der Waals surface area contributed by atoms with Crippen LogP contribution in [0.25, 0.3) is 0 Å². The van der Waals surface area contributed by atoms with Gasteiger partial charge in [0.05, 0.1) is 5.25 Å². The van der Waals surface area contributed by atoms with Gasteiger partial charge in [-0.3, -0.25) is 0 Å². The minimum atomic E-state index is -3.11. The number of H-pyrrole nitrogens is 1. The molecule has 0 aliphatic heterocycles. The van der Waals surface area contributed by atoms with Crippen molar-refractivity contribution in [2.24, 2.45) is 0 Å². The Labute approximate surface area is 108 Å². The molecule has 2 N–H and O–H groups in total. The summed E-state index contributed by atoms with van der Waals surface area (Å²) in [4.78, 5) is 7.12. The van der Waals surface area contributed by atoms with Crippen molar-refractivity contribution in [3.05, 3.63) is 18.2 Å². The van der Waals surface area contributed by atoms with Gasteiger partial charge < -0.3 is 4.98 Å². The second-order valence-corrected chi connectivity index (χ2v) is 6.88. The maximum Gasteiger partial charge on any atom is 0.214 e. The lowest BCUT2D eigenvalue weighted by Gasteiger charge is -2.21. The molecule has 1 saturated carbocycles. The first-order valence-electron chi connectivity index (χ1n) is 6.65. The lowest BCUT2D eigenvalue weighted by molar-refractivity contribution is 0.477. The van der Waals surface area contributed by atoms with Gasteiger partial charge in [0, 0.05) is 25.4 Å². The fraction of sp³-hybridized carbons (Fsp3) is 0.750. The number of aromatic amines is 1. The lowest BCUT2D eigenvalue weighted by Crippen LogP contribution is -2.36. The van der Waals surface area contributed by atoms with E-state index in [4.69, 9.17) is 0 Å². The summed E-state index contributed by atoms with van der Waals surface area (Å²) in [7, 11) is -3.11. The van der Waals surface area contributed by atoms with E-state index in [0.29, 0.717) is 6.54 Å². The van der Waals surface area contributed by atoms with Crippen molar-refractivity contribution in [1.82, 2.24) is 14.7 Å². The smallest absolute Gasteiger partial charge is 0.214 e. The van der Waals surface area contributed by atoms with E-state index in [9.17, 15) is 8.42 Å². The largest absolute Gasteiger partial charge is 0.349 e. The second kappa shape index (κ2) is 6.33. The van der Waals surface area contributed by atoms with Gasteiger partial charge in [-0.15, -0.1) is 0 Å². The Hall–Kier alpha value is -0.880. The highest BCUT2D eigenvalue weighted by atomic mass is 32.2. The fourth-order valence-corrected chi connectivity index (χ4v) is 4.02. The van der Waals surface area contributed by atoms with Gasteiger partial charge in [0.1, 0.15) is 5.82 Å². The summed E-state index contributed by atoms with van der Waals surface area (Å²) in [5.74, 6) is 0.909. The number of nitrogens with one attached hydrogen (secondary N) is 2. The van der Waals surface area contributed by atoms with Gasteiger partial charge in [-0.25, -0.2) is 18.1 Å². The van der Waals surface area contributed by atoms with Crippen LogP contribution in [0.2, 0.25) is 0 Å². The van der Waals surface area contributed by atoms with Gasteiger partial charge in [-0.05, 0) is 19.3 Å². The molecule has 0 amide bonds. The Bertz CT molecular complexity index is 436. The molecule has 1 fully saturated rings. The monoisotopic (exact) mass is 271 g/mol. The summed E-state index contributed by atoms with van der Waals surface area (Å²) >= 11 is 0. The molecule has 0 saturated heterocycles. The zero-order chi connectivity index (χ0) is 12.8. The average Bonchev–Trinajstić information content (AvgIpc) is 2.89. The van der Waals surface area contributed by atoms with Crippen LogP contribution in [0.1, 0.15) is 44.3 Å². The van der Waals surface area contributed by atoms with Gasteiger partial charge in [-0.1, -0.05) is 19.3 Å². The second-order valence-electron chi connectivity index (χ2n) is 4.84. The van der Waals surface area contributed by atoms with E-state index in [1.165, 1.54) is 6.42 Å². The number of nitrogens with zero attached hydrogens (tertiary/aromatic N) is 1. The maximum atomic E-state index is 12.0. The molecule has 1 aliphatic rings. The first-order valence-corrected chi connectivity index (χ1v) is 8.20. The van der Waals surface area contributed by atoms with E-state index in [1.807, 2.05) is 0 Å². The molecule has 0 radical (unpaired) electrons. The van der Waals surface area contributed by atoms with Crippen molar-refractivity contribution in [2.45, 2.75) is 50.2 Å². The Morgan fingerprint density at radius 1 is 1.33 bits per heavy atom. The number of aromatic nitrogens is 2. The summed E-state index contributed by atoms with van der Waals surface area (Å²) < 4.78 is 26.7. The number of hydrogen-bond acceptors (Lipinski definition) is 3. The zero-order valence-electron chi connectivity index (χ0n) is 10.6. The highest BCUT2D eigenvalue weighted by Crippen LogP contribution is 2.22. The third-order valence-corrected chi connectivity index (χ3v) is 5.40. The van der Waals surface area contributed by atoms with Gasteiger partial charge in [0.25, 0.3) is 0 Å². The van der Waals surface area contributed by atoms with Crippen molar-refractivity contribution < 1.29 is 8.42 Å². The van der Waals surface area contributed by atoms with Crippen molar-refractivity contribution >= 4 is 10.0 Å². The lowest BCUT2D eigenvalue weighted by atomic mass is 10.0. The molecule has 0 atom stereocenters. The van der Waals surface area contributed by atoms with Crippen LogP contribution in [0, 0.1) is 0 Å². The molecule has 5 nitrogen and oxygen atoms in total. The van der Waals surface area contributed by atoms with Gasteiger partial charge in [0.2, 0.25) is 10.0 Å². The minimum Gasteiger partial charge on any atom is -0.349 e. The summed E-state index contributed by atoms with van der Waals surface area (Å²) in [6.07, 6.45) is 9.92. The normalized spacial score (nSPS) is 18.0. The summed E-state index contributed by atoms with van der Waals surface area (Å²) in [6.45, 7) is 0.500. The standard InChI is InChI=1S/C12H21N3O2S/c16-18(17,11-5-2-1-3-6-11)15-8-4-7-12-13-9-10-14-12/h9-11,15H,1-8H2,(H,13,14). The predicted molar refractivity (Wildman–Crippen MR) is 70.7 cm³/mol. The minimum absolute atomic E-state index is 0.171. The molecule has 1 aliphatic carbocycles. The van der Waals surface area contributed by atoms with Crippen LogP contribution < -0.4 is 4.72 Å². The number of rotatable bonds is 6. The molecule has 18 heavy (non-hydrogen) atoms. The van der Waals surface area contributed by atoms with E-state index in [-0.39, 0.29) is 5.25 Å². The third-order valence-electron chi connectivity index (χ3n) is 3.44. The maximum absolute atomic E-state index is 12.0. The first-order chi connectivity index (χ1) is 8.68. The first kappa shape index (κ1) is 13.5. The van der Waals surface area contributed by atoms with Crippen molar-refractivity contribution in [2.75, 3.05) is 6.54 Å². The van der Waals surface area contributed by atoms with E-state index in [1.54, 1.807) is 12.4 Å². The highest BCUT2D eigenvalue weighted by Gasteiger charge is 2.26. The average molecular weight is 271 g/mol. The molecule has 6 heteroatoms. The Balaban J connectivity index is 1.71. The van der Waals surface area contributed by atoms with E-state index >= 15 is 0 Å². The fourth-order valence-electron chi connectivity index (χ4n) is 2.40. The van der Waals surface area contributed by atoms with Crippen molar-refractivity contribution in [3.8, 4) is 0 Å². The van der Waals surface area contributed by atoms with E-state index in [0.717, 1.165) is 44.3 Å². The number of aryl methyl sites for hydroxylation is 1. The highest BCUT2D eigenvalue weighted by molar-refractivity contribution is 7.90. The third kappa shape index (κ3) is 3.81. The summed E-state index contributed by atoms with van der Waals surface area (Å²) in [6, 6.07) is 0. The molecular formula is C12H21N3O2S. The van der Waals surface area contributed by atoms with E-state index < -0.39 is 10.0 Å². The molecule has 0 unspecified atom stereocenters. The summed E-state index contributed by atoms with van der Waals surface area (Å²) in [5, 5.41) is -0.171. The van der Waals surface area contributed by atoms with Crippen LogP contribution >= 0.6 is 0 Å².